The summed E-state index contributed by atoms with van der Waals surface area (Å²) in [4.78, 5) is 66.3. The van der Waals surface area contributed by atoms with Crippen LogP contribution in [-0.4, -0.2) is 54.5 Å². The van der Waals surface area contributed by atoms with Gasteiger partial charge in [-0.1, -0.05) is 20.8 Å². The Hall–Kier alpha value is -4.92. The first-order chi connectivity index (χ1) is 17.3. The molecule has 2 heterocycles. The number of carbonyl (C=O) groups is 4. The van der Waals surface area contributed by atoms with Crippen molar-refractivity contribution in [2.24, 2.45) is 5.41 Å². The van der Waals surface area contributed by atoms with Gasteiger partial charge in [-0.25, -0.2) is 14.3 Å². The number of carbonyl (C=O) groups excluding carboxylic acids is 2. The number of anilines is 1. The van der Waals surface area contributed by atoms with Crippen LogP contribution >= 0.6 is 0 Å². The Balaban J connectivity index is 1.74. The summed E-state index contributed by atoms with van der Waals surface area (Å²) < 4.78 is 1.09. The second kappa shape index (κ2) is 10.8. The van der Waals surface area contributed by atoms with Gasteiger partial charge in [-0.05, 0) is 42.7 Å². The molecule has 12 heteroatoms. The minimum absolute atomic E-state index is 0.157. The molecular formula is C25H25N5O7. The van der Waals surface area contributed by atoms with Crippen molar-refractivity contribution in [3.05, 3.63) is 58.1 Å². The average molecular weight is 508 g/mol. The van der Waals surface area contributed by atoms with Gasteiger partial charge >= 0.3 is 11.9 Å². The van der Waals surface area contributed by atoms with E-state index in [1.807, 2.05) is 0 Å². The van der Waals surface area contributed by atoms with Crippen LogP contribution in [0.5, 0.6) is 0 Å². The number of nitrogens with one attached hydrogen (secondary N) is 3. The Bertz CT molecular complexity index is 1480. The van der Waals surface area contributed by atoms with Gasteiger partial charge in [-0.3, -0.25) is 19.2 Å². The first-order valence-corrected chi connectivity index (χ1v) is 11.1. The first kappa shape index (κ1) is 26.7. The van der Waals surface area contributed by atoms with Gasteiger partial charge in [0.15, 0.2) is 0 Å². The van der Waals surface area contributed by atoms with E-state index in [-0.39, 0.29) is 23.3 Å². The lowest BCUT2D eigenvalue weighted by Gasteiger charge is -2.16. The van der Waals surface area contributed by atoms with E-state index in [9.17, 15) is 29.1 Å². The number of hydrogen-bond acceptors (Lipinski definition) is 6. The predicted octanol–water partition coefficient (Wildman–Crippen LogP) is 1.61. The van der Waals surface area contributed by atoms with Gasteiger partial charge in [0, 0.05) is 29.0 Å². The van der Waals surface area contributed by atoms with E-state index >= 15 is 0 Å². The molecule has 0 unspecified atom stereocenters. The summed E-state index contributed by atoms with van der Waals surface area (Å²) in [6.45, 7) is 5.29. The quantitative estimate of drug-likeness (QED) is 0.299. The number of benzene rings is 1. The molecule has 1 aromatic carbocycles. The number of carboxylic acid groups (broad SMARTS) is 2. The molecule has 5 N–H and O–H groups in total. The maximum atomic E-state index is 12.8. The zero-order chi connectivity index (χ0) is 27.3. The SMILES string of the molecule is CC(C)(C)C(=O)Nc1cc2c(=O)n(C#Cc3ccc(C(=O)N[C@@H](CCC(=O)O)C(=O)O)cc3)cnc2[nH]1. The van der Waals surface area contributed by atoms with Crippen LogP contribution in [-0.2, 0) is 14.4 Å². The highest BCUT2D eigenvalue weighted by atomic mass is 16.4. The summed E-state index contributed by atoms with van der Waals surface area (Å²) in [6, 6.07) is 8.71. The van der Waals surface area contributed by atoms with E-state index in [1.165, 1.54) is 36.7 Å². The molecule has 37 heavy (non-hydrogen) atoms. The number of carboxylic acids is 2. The number of rotatable bonds is 7. The monoisotopic (exact) mass is 507 g/mol. The molecule has 0 aliphatic rings. The molecule has 1 atom stereocenters. The third-order valence-corrected chi connectivity index (χ3v) is 5.20. The van der Waals surface area contributed by atoms with Crippen molar-refractivity contribution < 1.29 is 29.4 Å². The van der Waals surface area contributed by atoms with Crippen LogP contribution in [0.25, 0.3) is 11.0 Å². The fourth-order valence-corrected chi connectivity index (χ4v) is 3.06. The zero-order valence-electron chi connectivity index (χ0n) is 20.3. The molecule has 12 nitrogen and oxygen atoms in total. The molecule has 3 rings (SSSR count). The van der Waals surface area contributed by atoms with E-state index in [2.05, 4.69) is 32.6 Å². The maximum Gasteiger partial charge on any atom is 0.326 e. The molecule has 0 aliphatic carbocycles. The number of nitrogens with zero attached hydrogens (tertiary/aromatic N) is 2. The smallest absolute Gasteiger partial charge is 0.326 e. The van der Waals surface area contributed by atoms with Gasteiger partial charge in [0.2, 0.25) is 5.91 Å². The fourth-order valence-electron chi connectivity index (χ4n) is 3.06. The molecule has 2 amide bonds. The Morgan fingerprint density at radius 2 is 1.81 bits per heavy atom. The minimum atomic E-state index is -1.34. The van der Waals surface area contributed by atoms with Crippen LogP contribution in [0.4, 0.5) is 5.82 Å². The predicted molar refractivity (Wildman–Crippen MR) is 133 cm³/mol. The molecule has 0 radical (unpaired) electrons. The van der Waals surface area contributed by atoms with Crippen molar-refractivity contribution in [2.45, 2.75) is 39.7 Å². The van der Waals surface area contributed by atoms with Crippen LogP contribution in [0.15, 0.2) is 41.5 Å². The van der Waals surface area contributed by atoms with Crippen LogP contribution in [0.2, 0.25) is 0 Å². The summed E-state index contributed by atoms with van der Waals surface area (Å²) in [7, 11) is 0. The van der Waals surface area contributed by atoms with E-state index in [0.29, 0.717) is 17.0 Å². The highest BCUT2D eigenvalue weighted by molar-refractivity contribution is 5.97. The highest BCUT2D eigenvalue weighted by Crippen LogP contribution is 2.18. The van der Waals surface area contributed by atoms with Gasteiger partial charge in [0.1, 0.15) is 23.8 Å². The summed E-state index contributed by atoms with van der Waals surface area (Å²) in [6.07, 6.45) is 0.592. The van der Waals surface area contributed by atoms with Gasteiger partial charge in [-0.2, -0.15) is 0 Å². The molecule has 2 aromatic heterocycles. The number of aliphatic carboxylic acids is 2. The van der Waals surface area contributed by atoms with Crippen LogP contribution < -0.4 is 16.2 Å². The summed E-state index contributed by atoms with van der Waals surface area (Å²) in [5, 5.41) is 23.2. The summed E-state index contributed by atoms with van der Waals surface area (Å²) >= 11 is 0. The number of H-pyrrole nitrogens is 1. The molecule has 0 spiro atoms. The second-order valence-electron chi connectivity index (χ2n) is 9.18. The molecular weight excluding hydrogens is 482 g/mol. The number of aromatic nitrogens is 3. The Morgan fingerprint density at radius 1 is 1.14 bits per heavy atom. The Morgan fingerprint density at radius 3 is 2.41 bits per heavy atom. The largest absolute Gasteiger partial charge is 0.481 e. The topological polar surface area (TPSA) is 183 Å². The third kappa shape index (κ3) is 6.82. The summed E-state index contributed by atoms with van der Waals surface area (Å²) in [5.41, 5.74) is -0.140. The standard InChI is InChI=1S/C25H25N5O7/c1-25(2,3)24(37)29-18-12-16-20(28-18)26-13-30(22(16)34)11-10-14-4-6-15(7-5-14)21(33)27-17(23(35)36)8-9-19(31)32/h4-7,12-13,17,28H,8-9H2,1-3H3,(H,27,33)(H,29,37)(H,31,32)(H,35,36)/t17-/m0/s1. The average Bonchev–Trinajstić information content (AvgIpc) is 3.24. The lowest BCUT2D eigenvalue weighted by atomic mass is 9.96. The number of aromatic amines is 1. The lowest BCUT2D eigenvalue weighted by Crippen LogP contribution is -2.41. The van der Waals surface area contributed by atoms with Crippen LogP contribution in [0.1, 0.15) is 49.5 Å². The van der Waals surface area contributed by atoms with Crippen molar-refractivity contribution in [3.8, 4) is 12.0 Å². The molecule has 192 valence electrons. The van der Waals surface area contributed by atoms with Crippen LogP contribution in [0, 0.1) is 17.4 Å². The van der Waals surface area contributed by atoms with E-state index in [0.717, 1.165) is 4.57 Å². The number of fused-ring (bicyclic) bond motifs is 1. The van der Waals surface area contributed by atoms with Gasteiger partial charge in [-0.15, -0.1) is 0 Å². The minimum Gasteiger partial charge on any atom is -0.481 e. The van der Waals surface area contributed by atoms with Crippen molar-refractivity contribution in [1.29, 1.82) is 0 Å². The Kier molecular flexibility index (Phi) is 7.77. The zero-order valence-corrected chi connectivity index (χ0v) is 20.3. The maximum absolute atomic E-state index is 12.8. The first-order valence-electron chi connectivity index (χ1n) is 11.1. The molecule has 0 saturated carbocycles. The normalized spacial score (nSPS) is 11.8. The van der Waals surface area contributed by atoms with E-state index in [4.69, 9.17) is 5.11 Å². The molecule has 0 saturated heterocycles. The third-order valence-electron chi connectivity index (χ3n) is 5.20. The number of hydrogen-bond donors (Lipinski definition) is 5. The van der Waals surface area contributed by atoms with Crippen molar-refractivity contribution in [2.75, 3.05) is 5.32 Å². The molecule has 3 aromatic rings. The van der Waals surface area contributed by atoms with Crippen molar-refractivity contribution in [1.82, 2.24) is 19.9 Å². The molecule has 0 bridgehead atoms. The van der Waals surface area contributed by atoms with E-state index in [1.54, 1.807) is 20.8 Å². The van der Waals surface area contributed by atoms with Crippen molar-refractivity contribution >= 4 is 40.6 Å². The van der Waals surface area contributed by atoms with Gasteiger partial charge in [0.25, 0.3) is 11.5 Å². The summed E-state index contributed by atoms with van der Waals surface area (Å²) in [5.74, 6) is -0.277. The van der Waals surface area contributed by atoms with Gasteiger partial charge in [0.05, 0.1) is 5.39 Å². The van der Waals surface area contributed by atoms with Crippen LogP contribution in [0.3, 0.4) is 0 Å². The number of amides is 2. The lowest BCUT2D eigenvalue weighted by molar-refractivity contribution is -0.140. The second-order valence-corrected chi connectivity index (χ2v) is 9.18. The highest BCUT2D eigenvalue weighted by Gasteiger charge is 2.23. The van der Waals surface area contributed by atoms with Crippen molar-refractivity contribution in [3.63, 3.8) is 0 Å². The fraction of sp³-hybridized carbons (Fsp3) is 0.280. The van der Waals surface area contributed by atoms with Gasteiger partial charge < -0.3 is 25.8 Å². The Labute approximate surface area is 210 Å². The van der Waals surface area contributed by atoms with E-state index < -0.39 is 41.3 Å². The molecule has 0 fully saturated rings. The molecule has 0 aliphatic heterocycles.